The van der Waals surface area contributed by atoms with E-state index in [2.05, 4.69) is 5.32 Å². The van der Waals surface area contributed by atoms with Crippen molar-refractivity contribution in [1.29, 1.82) is 0 Å². The Morgan fingerprint density at radius 2 is 1.40 bits per heavy atom. The molecule has 0 radical (unpaired) electrons. The number of rotatable bonds is 14. The highest BCUT2D eigenvalue weighted by molar-refractivity contribution is 7.92. The summed E-state index contributed by atoms with van der Waals surface area (Å²) in [6.07, 6.45) is 0.241. The van der Waals surface area contributed by atoms with Crippen molar-refractivity contribution < 1.29 is 22.7 Å². The third-order valence-corrected chi connectivity index (χ3v) is 9.05. The maximum Gasteiger partial charge on any atom is 0.264 e. The van der Waals surface area contributed by atoms with Gasteiger partial charge in [-0.05, 0) is 80.4 Å². The lowest BCUT2D eigenvalue weighted by Gasteiger charge is -2.34. The van der Waals surface area contributed by atoms with Crippen molar-refractivity contribution in [3.63, 3.8) is 0 Å². The zero-order valence-electron chi connectivity index (χ0n) is 25.6. The lowest BCUT2D eigenvalue weighted by molar-refractivity contribution is -0.140. The number of hydrogen-bond acceptors (Lipinski definition) is 5. The largest absolute Gasteiger partial charge is 0.494 e. The Kier molecular flexibility index (Phi) is 11.6. The van der Waals surface area contributed by atoms with E-state index in [-0.39, 0.29) is 35.5 Å². The molecule has 4 aromatic carbocycles. The van der Waals surface area contributed by atoms with E-state index in [0.717, 1.165) is 15.4 Å². The summed E-state index contributed by atoms with van der Waals surface area (Å²) in [5.74, 6) is -0.299. The Morgan fingerprint density at radius 1 is 0.822 bits per heavy atom. The number of carbonyl (C=O) groups excluding carboxylic acids is 2. The highest BCUT2D eigenvalue weighted by atomic mass is 35.5. The summed E-state index contributed by atoms with van der Waals surface area (Å²) < 4.78 is 34.8. The van der Waals surface area contributed by atoms with E-state index in [0.29, 0.717) is 17.4 Å². The Balaban J connectivity index is 1.79. The quantitative estimate of drug-likeness (QED) is 0.179. The average molecular weight is 648 g/mol. The van der Waals surface area contributed by atoms with E-state index in [9.17, 15) is 18.0 Å². The lowest BCUT2D eigenvalue weighted by Crippen LogP contribution is -2.54. The summed E-state index contributed by atoms with van der Waals surface area (Å²) >= 11 is 6.05. The van der Waals surface area contributed by atoms with Crippen LogP contribution in [0.25, 0.3) is 0 Å². The van der Waals surface area contributed by atoms with Gasteiger partial charge in [0.1, 0.15) is 18.3 Å². The average Bonchev–Trinajstić information content (AvgIpc) is 3.03. The van der Waals surface area contributed by atoms with Crippen LogP contribution in [0.5, 0.6) is 5.75 Å². The molecule has 1 N–H and O–H groups in total. The smallest absolute Gasteiger partial charge is 0.264 e. The molecule has 2 amide bonds. The van der Waals surface area contributed by atoms with Crippen molar-refractivity contribution in [3.8, 4) is 5.75 Å². The monoisotopic (exact) mass is 647 g/mol. The predicted octanol–water partition coefficient (Wildman–Crippen LogP) is 6.10. The molecule has 0 unspecified atom stereocenters. The fourth-order valence-corrected chi connectivity index (χ4v) is 6.39. The fourth-order valence-electron chi connectivity index (χ4n) is 4.85. The second-order valence-corrected chi connectivity index (χ2v) is 13.1. The number of halogens is 1. The van der Waals surface area contributed by atoms with Crippen LogP contribution in [0.2, 0.25) is 5.02 Å². The number of benzene rings is 4. The van der Waals surface area contributed by atoms with E-state index >= 15 is 0 Å². The summed E-state index contributed by atoms with van der Waals surface area (Å²) in [7, 11) is -4.24. The van der Waals surface area contributed by atoms with Crippen LogP contribution in [0.1, 0.15) is 31.9 Å². The first kappa shape index (κ1) is 33.6. The molecule has 1 atom stereocenters. The minimum atomic E-state index is -4.24. The van der Waals surface area contributed by atoms with Crippen molar-refractivity contribution in [2.45, 2.75) is 50.7 Å². The van der Waals surface area contributed by atoms with Crippen LogP contribution in [0.4, 0.5) is 5.69 Å². The van der Waals surface area contributed by atoms with Gasteiger partial charge in [0.05, 0.1) is 17.2 Å². The standard InChI is InChI=1S/C35H38ClN3O5S/c1-4-44-31-19-17-30(18-20-31)39(45(42,43)32-21-15-29(36)16-22-32)25-34(40)38(24-28-13-9-6-10-14-28)33(35(41)37-26(2)3)23-27-11-7-5-8-12-27/h5-22,26,33H,4,23-25H2,1-3H3,(H,37,41)/t33-/m0/s1. The molecule has 10 heteroatoms. The van der Waals surface area contributed by atoms with Gasteiger partial charge in [-0.25, -0.2) is 8.42 Å². The summed E-state index contributed by atoms with van der Waals surface area (Å²) in [5, 5.41) is 3.34. The van der Waals surface area contributed by atoms with E-state index in [1.54, 1.807) is 24.3 Å². The molecule has 0 aliphatic rings. The molecule has 4 rings (SSSR count). The minimum absolute atomic E-state index is 0.0263. The second-order valence-electron chi connectivity index (χ2n) is 10.8. The van der Waals surface area contributed by atoms with Crippen LogP contribution >= 0.6 is 11.6 Å². The fraction of sp³-hybridized carbons (Fsp3) is 0.257. The van der Waals surface area contributed by atoms with Crippen LogP contribution in [0.15, 0.2) is 114 Å². The molecule has 0 saturated carbocycles. The number of nitrogens with one attached hydrogen (secondary N) is 1. The Morgan fingerprint density at radius 3 is 1.96 bits per heavy atom. The topological polar surface area (TPSA) is 96.0 Å². The van der Waals surface area contributed by atoms with Gasteiger partial charge in [0.15, 0.2) is 0 Å². The third-order valence-electron chi connectivity index (χ3n) is 7.01. The Labute approximate surface area is 270 Å². The molecule has 8 nitrogen and oxygen atoms in total. The molecule has 45 heavy (non-hydrogen) atoms. The van der Waals surface area contributed by atoms with Crippen molar-refractivity contribution in [2.75, 3.05) is 17.5 Å². The Bertz CT molecular complexity index is 1650. The van der Waals surface area contributed by atoms with Gasteiger partial charge >= 0.3 is 0 Å². The van der Waals surface area contributed by atoms with Crippen LogP contribution in [-0.4, -0.2) is 50.4 Å². The van der Waals surface area contributed by atoms with Crippen molar-refractivity contribution in [2.24, 2.45) is 0 Å². The molecule has 4 aromatic rings. The molecule has 0 aromatic heterocycles. The number of ether oxygens (including phenoxy) is 1. The molecule has 236 valence electrons. The SMILES string of the molecule is CCOc1ccc(N(CC(=O)N(Cc2ccccc2)[C@@H](Cc2ccccc2)C(=O)NC(C)C)S(=O)(=O)c2ccc(Cl)cc2)cc1. The van der Waals surface area contributed by atoms with E-state index < -0.39 is 28.5 Å². The molecule has 0 fully saturated rings. The van der Waals surface area contributed by atoms with Crippen molar-refractivity contribution in [3.05, 3.63) is 125 Å². The Hall–Kier alpha value is -4.34. The molecule has 0 heterocycles. The zero-order valence-corrected chi connectivity index (χ0v) is 27.2. The molecule has 0 bridgehead atoms. The first-order valence-corrected chi connectivity index (χ1v) is 16.6. The second kappa shape index (κ2) is 15.6. The highest BCUT2D eigenvalue weighted by Crippen LogP contribution is 2.28. The molecular formula is C35H38ClN3O5S. The first-order chi connectivity index (χ1) is 21.6. The lowest BCUT2D eigenvalue weighted by atomic mass is 10.0. The van der Waals surface area contributed by atoms with Crippen LogP contribution in [0.3, 0.4) is 0 Å². The molecule has 0 aliphatic heterocycles. The van der Waals surface area contributed by atoms with Gasteiger partial charge in [-0.1, -0.05) is 72.3 Å². The van der Waals surface area contributed by atoms with E-state index in [1.807, 2.05) is 81.4 Å². The van der Waals surface area contributed by atoms with Crippen LogP contribution in [-0.2, 0) is 32.6 Å². The summed E-state index contributed by atoms with van der Waals surface area (Å²) in [6, 6.07) is 30.0. The van der Waals surface area contributed by atoms with Gasteiger partial charge in [0.25, 0.3) is 10.0 Å². The number of anilines is 1. The maximum atomic E-state index is 14.4. The predicted molar refractivity (Wildman–Crippen MR) is 178 cm³/mol. The van der Waals surface area contributed by atoms with Gasteiger partial charge in [0.2, 0.25) is 11.8 Å². The maximum absolute atomic E-state index is 14.4. The van der Waals surface area contributed by atoms with Crippen LogP contribution < -0.4 is 14.4 Å². The van der Waals surface area contributed by atoms with Gasteiger partial charge in [-0.15, -0.1) is 0 Å². The molecule has 0 saturated heterocycles. The van der Waals surface area contributed by atoms with E-state index in [4.69, 9.17) is 16.3 Å². The van der Waals surface area contributed by atoms with E-state index in [1.165, 1.54) is 29.2 Å². The molecular weight excluding hydrogens is 610 g/mol. The summed E-state index contributed by atoms with van der Waals surface area (Å²) in [5.41, 5.74) is 1.94. The van der Waals surface area contributed by atoms with Crippen molar-refractivity contribution in [1.82, 2.24) is 10.2 Å². The molecule has 0 aliphatic carbocycles. The zero-order chi connectivity index (χ0) is 32.4. The van der Waals surface area contributed by atoms with Crippen molar-refractivity contribution >= 4 is 39.1 Å². The van der Waals surface area contributed by atoms with Crippen LogP contribution in [0, 0.1) is 0 Å². The van der Waals surface area contributed by atoms with Gasteiger partial charge in [-0.3, -0.25) is 13.9 Å². The summed E-state index contributed by atoms with van der Waals surface area (Å²) in [6.45, 7) is 5.56. The normalized spacial score (nSPS) is 11.9. The first-order valence-electron chi connectivity index (χ1n) is 14.8. The van der Waals surface area contributed by atoms with Gasteiger partial charge < -0.3 is 15.0 Å². The highest BCUT2D eigenvalue weighted by Gasteiger charge is 2.34. The number of amides is 2. The number of carbonyl (C=O) groups is 2. The molecule has 0 spiro atoms. The number of sulfonamides is 1. The minimum Gasteiger partial charge on any atom is -0.494 e. The van der Waals surface area contributed by atoms with Gasteiger partial charge in [-0.2, -0.15) is 0 Å². The third kappa shape index (κ3) is 9.09. The number of hydrogen-bond donors (Lipinski definition) is 1. The van der Waals surface area contributed by atoms with Gasteiger partial charge in [0, 0.05) is 24.0 Å². The summed E-state index contributed by atoms with van der Waals surface area (Å²) in [4.78, 5) is 29.6. The number of nitrogens with zero attached hydrogens (tertiary/aromatic N) is 2.